The predicted octanol–water partition coefficient (Wildman–Crippen LogP) is 3.23. The highest BCUT2D eigenvalue weighted by Gasteiger charge is 2.26. The van der Waals surface area contributed by atoms with Gasteiger partial charge in [-0.05, 0) is 29.9 Å². The highest BCUT2D eigenvalue weighted by atomic mass is 32.1. The largest absolute Gasteiger partial charge is 0.439 e. The fourth-order valence-corrected chi connectivity index (χ4v) is 7.65. The number of amides is 1. The summed E-state index contributed by atoms with van der Waals surface area (Å²) in [7, 11) is 0. The number of rotatable bonds is 7. The molecule has 0 bridgehead atoms. The van der Waals surface area contributed by atoms with Gasteiger partial charge >= 0.3 is 0 Å². The number of primary amides is 1. The van der Waals surface area contributed by atoms with E-state index in [1.54, 1.807) is 17.4 Å². The zero-order chi connectivity index (χ0) is 28.8. The summed E-state index contributed by atoms with van der Waals surface area (Å²) in [6.07, 6.45) is 5.80. The molecular weight excluding hydrogens is 576 g/mol. The van der Waals surface area contributed by atoms with E-state index in [0.717, 1.165) is 41.7 Å². The van der Waals surface area contributed by atoms with E-state index in [1.807, 2.05) is 21.7 Å². The molecule has 2 atom stereocenters. The van der Waals surface area contributed by atoms with Crippen molar-refractivity contribution in [2.75, 3.05) is 36.5 Å². The van der Waals surface area contributed by atoms with E-state index in [1.165, 1.54) is 22.2 Å². The van der Waals surface area contributed by atoms with Gasteiger partial charge in [-0.15, -0.1) is 22.7 Å². The molecule has 218 valence electrons. The Morgan fingerprint density at radius 3 is 2.79 bits per heavy atom. The van der Waals surface area contributed by atoms with Gasteiger partial charge in [0.2, 0.25) is 11.4 Å². The van der Waals surface area contributed by atoms with Gasteiger partial charge in [-0.3, -0.25) is 9.59 Å². The van der Waals surface area contributed by atoms with Crippen molar-refractivity contribution < 1.29 is 13.9 Å². The normalized spacial score (nSPS) is 19.5. The number of morpholine rings is 1. The molecular formula is C28H30N8O4S2. The number of anilines is 2. The summed E-state index contributed by atoms with van der Waals surface area (Å²) in [5.74, 6) is 0.427. The van der Waals surface area contributed by atoms with Crippen LogP contribution in [0.15, 0.2) is 38.4 Å². The predicted molar refractivity (Wildman–Crippen MR) is 163 cm³/mol. The van der Waals surface area contributed by atoms with Crippen LogP contribution in [0.3, 0.4) is 0 Å². The fourth-order valence-electron chi connectivity index (χ4n) is 5.75. The van der Waals surface area contributed by atoms with Crippen molar-refractivity contribution in [1.29, 1.82) is 0 Å². The SMILES string of the molecule is NC(=O)c1c(Cc2csc(-c3csc4c(=O)cc(N5CCOCC5)oc34)c2)nc(N[C@H]2CCCC[C@H]2N)n2ncnc12. The van der Waals surface area contributed by atoms with Gasteiger partial charge < -0.3 is 30.8 Å². The lowest BCUT2D eigenvalue weighted by molar-refractivity contribution is 0.1000. The van der Waals surface area contributed by atoms with E-state index in [2.05, 4.69) is 15.4 Å². The molecule has 0 unspecified atom stereocenters. The van der Waals surface area contributed by atoms with E-state index in [9.17, 15) is 9.59 Å². The van der Waals surface area contributed by atoms with Gasteiger partial charge in [-0.25, -0.2) is 9.97 Å². The Labute approximate surface area is 248 Å². The van der Waals surface area contributed by atoms with Gasteiger partial charge in [0.1, 0.15) is 16.6 Å². The van der Waals surface area contributed by atoms with E-state index >= 15 is 0 Å². The molecule has 0 spiro atoms. The maximum absolute atomic E-state index is 12.9. The molecule has 5 N–H and O–H groups in total. The average molecular weight is 607 g/mol. The molecule has 6 heterocycles. The first-order chi connectivity index (χ1) is 20.5. The Morgan fingerprint density at radius 1 is 1.14 bits per heavy atom. The molecule has 2 fully saturated rings. The molecule has 7 rings (SSSR count). The van der Waals surface area contributed by atoms with Gasteiger partial charge in [-0.2, -0.15) is 9.61 Å². The first-order valence-corrected chi connectivity index (χ1v) is 15.7. The van der Waals surface area contributed by atoms with Crippen LogP contribution >= 0.6 is 22.7 Å². The van der Waals surface area contributed by atoms with Crippen molar-refractivity contribution in [2.24, 2.45) is 11.5 Å². The molecule has 5 aromatic rings. The molecule has 1 saturated carbocycles. The third-order valence-corrected chi connectivity index (χ3v) is 9.91. The smallest absolute Gasteiger partial charge is 0.254 e. The van der Waals surface area contributed by atoms with Crippen molar-refractivity contribution in [3.8, 4) is 10.4 Å². The summed E-state index contributed by atoms with van der Waals surface area (Å²) in [6, 6.07) is 3.65. The van der Waals surface area contributed by atoms with Crippen LogP contribution in [0, 0.1) is 0 Å². The molecule has 14 heteroatoms. The third-order valence-electron chi connectivity index (χ3n) is 7.93. The van der Waals surface area contributed by atoms with E-state index in [4.69, 9.17) is 25.6 Å². The number of carbonyl (C=O) groups is 1. The van der Waals surface area contributed by atoms with Crippen molar-refractivity contribution in [2.45, 2.75) is 44.2 Å². The maximum atomic E-state index is 12.9. The van der Waals surface area contributed by atoms with Crippen LogP contribution in [0.2, 0.25) is 0 Å². The molecule has 1 aliphatic heterocycles. The second-order valence-corrected chi connectivity index (χ2v) is 12.5. The fraction of sp³-hybridized carbons (Fsp3) is 0.393. The second-order valence-electron chi connectivity index (χ2n) is 10.7. The van der Waals surface area contributed by atoms with Gasteiger partial charge in [-0.1, -0.05) is 12.8 Å². The minimum atomic E-state index is -0.617. The Hall–Kier alpha value is -3.85. The van der Waals surface area contributed by atoms with Crippen LogP contribution in [0.5, 0.6) is 0 Å². The summed E-state index contributed by atoms with van der Waals surface area (Å²) >= 11 is 2.92. The van der Waals surface area contributed by atoms with Crippen LogP contribution in [-0.4, -0.2) is 63.9 Å². The third kappa shape index (κ3) is 4.93. The van der Waals surface area contributed by atoms with Crippen LogP contribution in [0.4, 0.5) is 11.8 Å². The molecule has 0 radical (unpaired) electrons. The summed E-state index contributed by atoms with van der Waals surface area (Å²) in [5, 5.41) is 11.7. The Kier molecular flexibility index (Phi) is 7.14. The molecule has 12 nitrogen and oxygen atoms in total. The molecule has 5 aromatic heterocycles. The highest BCUT2D eigenvalue weighted by molar-refractivity contribution is 7.18. The minimum Gasteiger partial charge on any atom is -0.439 e. The standard InChI is InChI=1S/C28H30N8O4S2/c29-17-3-1-2-4-18(17)33-28-34-19(23(26(30)38)27-31-14-32-36(27)28)9-15-10-21(41-12-15)16-13-42-25-20(37)11-22(40-24(16)25)35-5-7-39-8-6-35/h10-14,17-18H,1-9,29H2,(H2,30,38)(H,33,34)/t17-,18+/m1/s1. The van der Waals surface area contributed by atoms with Crippen molar-refractivity contribution >= 4 is 56.3 Å². The van der Waals surface area contributed by atoms with Crippen molar-refractivity contribution in [3.63, 3.8) is 0 Å². The summed E-state index contributed by atoms with van der Waals surface area (Å²) in [4.78, 5) is 37.7. The zero-order valence-corrected chi connectivity index (χ0v) is 24.4. The van der Waals surface area contributed by atoms with E-state index in [0.29, 0.717) is 66.2 Å². The number of thiophene rings is 2. The number of fused-ring (bicyclic) bond motifs is 2. The lowest BCUT2D eigenvalue weighted by Gasteiger charge is -2.29. The quantitative estimate of drug-likeness (QED) is 0.250. The maximum Gasteiger partial charge on any atom is 0.254 e. The number of hydrogen-bond donors (Lipinski definition) is 3. The van der Waals surface area contributed by atoms with Crippen molar-refractivity contribution in [3.05, 3.63) is 56.3 Å². The topological polar surface area (TPSA) is 167 Å². The lowest BCUT2D eigenvalue weighted by atomic mass is 9.91. The molecule has 2 aliphatic rings. The number of ether oxygens (including phenoxy) is 1. The summed E-state index contributed by atoms with van der Waals surface area (Å²) in [6.45, 7) is 2.54. The van der Waals surface area contributed by atoms with E-state index < -0.39 is 5.91 Å². The van der Waals surface area contributed by atoms with Gasteiger partial charge in [0.25, 0.3) is 5.91 Å². The number of nitrogens with zero attached hydrogens (tertiary/aromatic N) is 5. The number of nitrogens with two attached hydrogens (primary N) is 2. The first kappa shape index (κ1) is 27.0. The first-order valence-electron chi connectivity index (χ1n) is 14.0. The van der Waals surface area contributed by atoms with Crippen molar-refractivity contribution in [1.82, 2.24) is 19.6 Å². The molecule has 0 aromatic carbocycles. The average Bonchev–Trinajstić information content (AvgIpc) is 3.75. The minimum absolute atomic E-state index is 0.00191. The van der Waals surface area contributed by atoms with Crippen LogP contribution in [0.25, 0.3) is 26.4 Å². The summed E-state index contributed by atoms with van der Waals surface area (Å²) in [5.41, 5.74) is 15.7. The second kappa shape index (κ2) is 11.1. The van der Waals surface area contributed by atoms with Gasteiger partial charge in [0.05, 0.1) is 18.9 Å². The zero-order valence-electron chi connectivity index (χ0n) is 22.7. The van der Waals surface area contributed by atoms with Crippen LogP contribution in [-0.2, 0) is 11.2 Å². The number of aromatic nitrogens is 4. The molecule has 1 saturated heterocycles. The van der Waals surface area contributed by atoms with Crippen LogP contribution in [0.1, 0.15) is 47.3 Å². The van der Waals surface area contributed by atoms with Gasteiger partial charge in [0.15, 0.2) is 17.1 Å². The molecule has 42 heavy (non-hydrogen) atoms. The monoisotopic (exact) mass is 606 g/mol. The number of hydrogen-bond acceptors (Lipinski definition) is 12. The van der Waals surface area contributed by atoms with Crippen LogP contribution < -0.4 is 27.1 Å². The molecule has 1 amide bonds. The highest BCUT2D eigenvalue weighted by Crippen LogP contribution is 2.38. The number of carbonyl (C=O) groups excluding carboxylic acids is 1. The Morgan fingerprint density at radius 2 is 1.98 bits per heavy atom. The lowest BCUT2D eigenvalue weighted by Crippen LogP contribution is -2.43. The number of nitrogens with one attached hydrogen (secondary N) is 1. The summed E-state index contributed by atoms with van der Waals surface area (Å²) < 4.78 is 13.9. The molecule has 1 aliphatic carbocycles. The van der Waals surface area contributed by atoms with E-state index in [-0.39, 0.29) is 23.1 Å². The van der Waals surface area contributed by atoms with Gasteiger partial charge in [0, 0.05) is 53.5 Å². The Bertz CT molecular complexity index is 1840. The Balaban J connectivity index is 1.23.